The molecule has 4 aromatic rings. The summed E-state index contributed by atoms with van der Waals surface area (Å²) in [7, 11) is 0. The zero-order valence-corrected chi connectivity index (χ0v) is 18.9. The van der Waals surface area contributed by atoms with Crippen molar-refractivity contribution in [1.82, 2.24) is 19.8 Å². The summed E-state index contributed by atoms with van der Waals surface area (Å²) in [5.41, 5.74) is 4.40. The maximum atomic E-state index is 12.5. The summed E-state index contributed by atoms with van der Waals surface area (Å²) in [6.45, 7) is 8.12. The summed E-state index contributed by atoms with van der Waals surface area (Å²) < 4.78 is 5.67. The summed E-state index contributed by atoms with van der Waals surface area (Å²) in [6.07, 6.45) is 0. The van der Waals surface area contributed by atoms with Crippen LogP contribution in [0.15, 0.2) is 51.7 Å². The Morgan fingerprint density at radius 1 is 1.06 bits per heavy atom. The van der Waals surface area contributed by atoms with Crippen LogP contribution in [-0.4, -0.2) is 58.4 Å². The van der Waals surface area contributed by atoms with Crippen LogP contribution in [0.25, 0.3) is 22.1 Å². The van der Waals surface area contributed by atoms with E-state index in [0.717, 1.165) is 48.4 Å². The fourth-order valence-electron chi connectivity index (χ4n) is 4.32. The number of rotatable bonds is 5. The lowest BCUT2D eigenvalue weighted by Gasteiger charge is -2.33. The Bertz CT molecular complexity index is 1380. The van der Waals surface area contributed by atoms with Gasteiger partial charge in [-0.15, -0.1) is 0 Å². The van der Waals surface area contributed by atoms with Gasteiger partial charge in [0.05, 0.1) is 13.1 Å². The molecule has 2 aromatic heterocycles. The quantitative estimate of drug-likeness (QED) is 0.490. The van der Waals surface area contributed by atoms with E-state index >= 15 is 0 Å². The number of piperazine rings is 1. The highest BCUT2D eigenvalue weighted by atomic mass is 16.3. The van der Waals surface area contributed by atoms with Gasteiger partial charge in [0.2, 0.25) is 11.5 Å². The van der Waals surface area contributed by atoms with Crippen molar-refractivity contribution in [2.75, 3.05) is 38.0 Å². The molecule has 5 rings (SSSR count). The van der Waals surface area contributed by atoms with E-state index < -0.39 is 0 Å². The number of aromatic amines is 1. The lowest BCUT2D eigenvalue weighted by Crippen LogP contribution is -2.48. The molecule has 1 aliphatic rings. The van der Waals surface area contributed by atoms with Crippen LogP contribution < -0.4 is 10.9 Å². The van der Waals surface area contributed by atoms with Gasteiger partial charge < -0.3 is 14.7 Å². The second kappa shape index (κ2) is 8.80. The van der Waals surface area contributed by atoms with Gasteiger partial charge in [-0.3, -0.25) is 19.4 Å². The first-order valence-electron chi connectivity index (χ1n) is 11.2. The zero-order valence-electron chi connectivity index (χ0n) is 18.9. The molecule has 3 heterocycles. The van der Waals surface area contributed by atoms with Crippen LogP contribution >= 0.6 is 0 Å². The zero-order chi connectivity index (χ0) is 22.9. The lowest BCUT2D eigenvalue weighted by atomic mass is 10.1. The molecular formula is C25H27N5O3. The van der Waals surface area contributed by atoms with Gasteiger partial charge in [-0.25, -0.2) is 4.98 Å². The lowest BCUT2D eigenvalue weighted by molar-refractivity contribution is -0.117. The van der Waals surface area contributed by atoms with Crippen molar-refractivity contribution < 1.29 is 9.21 Å². The molecule has 33 heavy (non-hydrogen) atoms. The largest absolute Gasteiger partial charge is 0.449 e. The smallest absolute Gasteiger partial charge is 0.294 e. The molecule has 0 saturated carbocycles. The van der Waals surface area contributed by atoms with E-state index in [4.69, 9.17) is 4.42 Å². The topological polar surface area (TPSA) is 94.5 Å². The van der Waals surface area contributed by atoms with Gasteiger partial charge in [0, 0.05) is 37.3 Å². The number of amides is 1. The standard InChI is InChI=1S/C25H27N5O3/c1-16-6-5-8-19(17(16)2)26-22(31)15-30-12-10-29(11-13-30)14-21-27-23-18-7-3-4-9-20(18)33-24(23)25(32)28-21/h3-9H,10-15H2,1-2H3,(H,26,31)(H,27,28,32). The number of H-pyrrole nitrogens is 1. The third kappa shape index (κ3) is 4.40. The molecule has 1 fully saturated rings. The third-order valence-electron chi connectivity index (χ3n) is 6.36. The molecule has 0 atom stereocenters. The van der Waals surface area contributed by atoms with Crippen LogP contribution in [0.3, 0.4) is 0 Å². The second-order valence-electron chi connectivity index (χ2n) is 8.64. The molecule has 0 unspecified atom stereocenters. The maximum Gasteiger partial charge on any atom is 0.294 e. The van der Waals surface area contributed by atoms with Crippen molar-refractivity contribution in [3.8, 4) is 0 Å². The predicted molar refractivity (Wildman–Crippen MR) is 128 cm³/mol. The monoisotopic (exact) mass is 445 g/mol. The van der Waals surface area contributed by atoms with E-state index in [1.807, 2.05) is 56.3 Å². The Hall–Kier alpha value is -3.49. The molecular weight excluding hydrogens is 418 g/mol. The summed E-state index contributed by atoms with van der Waals surface area (Å²) >= 11 is 0. The van der Waals surface area contributed by atoms with E-state index in [1.54, 1.807) is 0 Å². The van der Waals surface area contributed by atoms with Crippen LogP contribution in [0.1, 0.15) is 17.0 Å². The number of fused-ring (bicyclic) bond motifs is 3. The molecule has 0 aliphatic carbocycles. The number of carbonyl (C=O) groups excluding carboxylic acids is 1. The van der Waals surface area contributed by atoms with Gasteiger partial charge in [-0.1, -0.05) is 24.3 Å². The Labute approximate surface area is 191 Å². The summed E-state index contributed by atoms with van der Waals surface area (Å²) in [4.78, 5) is 37.0. The molecule has 2 aromatic carbocycles. The van der Waals surface area contributed by atoms with Gasteiger partial charge in [-0.05, 0) is 43.2 Å². The first kappa shape index (κ1) is 21.4. The maximum absolute atomic E-state index is 12.5. The van der Waals surface area contributed by atoms with Crippen molar-refractivity contribution in [2.24, 2.45) is 0 Å². The Kier molecular flexibility index (Phi) is 5.70. The Morgan fingerprint density at radius 2 is 1.82 bits per heavy atom. The number of hydrogen-bond donors (Lipinski definition) is 2. The highest BCUT2D eigenvalue weighted by Crippen LogP contribution is 2.24. The number of para-hydroxylation sites is 1. The van der Waals surface area contributed by atoms with E-state index in [2.05, 4.69) is 25.1 Å². The van der Waals surface area contributed by atoms with Crippen molar-refractivity contribution >= 4 is 33.7 Å². The van der Waals surface area contributed by atoms with E-state index in [-0.39, 0.29) is 17.0 Å². The second-order valence-corrected chi connectivity index (χ2v) is 8.64. The predicted octanol–water partition coefficient (Wildman–Crippen LogP) is 3.04. The number of aromatic nitrogens is 2. The normalized spacial score (nSPS) is 15.3. The minimum absolute atomic E-state index is 0.000402. The number of benzene rings is 2. The summed E-state index contributed by atoms with van der Waals surface area (Å²) in [5, 5.41) is 3.88. The van der Waals surface area contributed by atoms with Crippen molar-refractivity contribution in [3.05, 3.63) is 69.8 Å². The number of nitrogens with zero attached hydrogens (tertiary/aromatic N) is 3. The summed E-state index contributed by atoms with van der Waals surface area (Å²) in [5.74, 6) is 0.626. The van der Waals surface area contributed by atoms with Gasteiger partial charge >= 0.3 is 0 Å². The highest BCUT2D eigenvalue weighted by Gasteiger charge is 2.21. The molecule has 8 nitrogen and oxygen atoms in total. The van der Waals surface area contributed by atoms with Gasteiger partial charge in [-0.2, -0.15) is 0 Å². The van der Waals surface area contributed by atoms with Crippen LogP contribution in [0.2, 0.25) is 0 Å². The number of nitrogens with one attached hydrogen (secondary N) is 2. The van der Waals surface area contributed by atoms with E-state index in [1.165, 1.54) is 0 Å². The molecule has 1 saturated heterocycles. The molecule has 0 radical (unpaired) electrons. The SMILES string of the molecule is Cc1cccc(NC(=O)CN2CCN(Cc3nc4c(oc5ccccc54)c(=O)[nH]3)CC2)c1C. The molecule has 1 aliphatic heterocycles. The number of furan rings is 1. The Morgan fingerprint density at radius 3 is 2.64 bits per heavy atom. The number of anilines is 1. The van der Waals surface area contributed by atoms with Gasteiger partial charge in [0.25, 0.3) is 5.56 Å². The molecule has 170 valence electrons. The first-order chi connectivity index (χ1) is 16.0. The fraction of sp³-hybridized carbons (Fsp3) is 0.320. The van der Waals surface area contributed by atoms with E-state index in [9.17, 15) is 9.59 Å². The van der Waals surface area contributed by atoms with Crippen LogP contribution in [-0.2, 0) is 11.3 Å². The third-order valence-corrected chi connectivity index (χ3v) is 6.36. The van der Waals surface area contributed by atoms with Crippen LogP contribution in [0.4, 0.5) is 5.69 Å². The summed E-state index contributed by atoms with van der Waals surface area (Å²) in [6, 6.07) is 13.5. The van der Waals surface area contributed by atoms with Crippen molar-refractivity contribution in [3.63, 3.8) is 0 Å². The number of carbonyl (C=O) groups is 1. The minimum Gasteiger partial charge on any atom is -0.449 e. The molecule has 0 spiro atoms. The molecule has 1 amide bonds. The average molecular weight is 446 g/mol. The average Bonchev–Trinajstić information content (AvgIpc) is 3.18. The Balaban J connectivity index is 1.20. The number of hydrogen-bond acceptors (Lipinski definition) is 6. The fourth-order valence-corrected chi connectivity index (χ4v) is 4.32. The van der Waals surface area contributed by atoms with Gasteiger partial charge in [0.1, 0.15) is 16.9 Å². The number of aryl methyl sites for hydroxylation is 1. The molecule has 8 heteroatoms. The van der Waals surface area contributed by atoms with Crippen molar-refractivity contribution in [2.45, 2.75) is 20.4 Å². The minimum atomic E-state index is -0.257. The molecule has 0 bridgehead atoms. The van der Waals surface area contributed by atoms with Gasteiger partial charge in [0.15, 0.2) is 0 Å². The highest BCUT2D eigenvalue weighted by molar-refractivity contribution is 6.01. The van der Waals surface area contributed by atoms with Crippen LogP contribution in [0.5, 0.6) is 0 Å². The molecule has 2 N–H and O–H groups in total. The van der Waals surface area contributed by atoms with E-state index in [0.29, 0.717) is 30.0 Å². The van der Waals surface area contributed by atoms with Crippen LogP contribution in [0, 0.1) is 13.8 Å². The first-order valence-corrected chi connectivity index (χ1v) is 11.2. The van der Waals surface area contributed by atoms with Crippen molar-refractivity contribution in [1.29, 1.82) is 0 Å².